The van der Waals surface area contributed by atoms with E-state index in [9.17, 15) is 0 Å². The van der Waals surface area contributed by atoms with Gasteiger partial charge in [-0.05, 0) is 12.1 Å². The molecule has 11 heavy (non-hydrogen) atoms. The topological polar surface area (TPSA) is 0 Å². The summed E-state index contributed by atoms with van der Waals surface area (Å²) in [4.78, 5) is 1.32. The molecule has 1 aromatic rings. The van der Waals surface area contributed by atoms with Crippen LogP contribution < -0.4 is 0 Å². The molecule has 0 bridgehead atoms. The third-order valence-electron chi connectivity index (χ3n) is 1.09. The van der Waals surface area contributed by atoms with Crippen molar-refractivity contribution in [1.82, 2.24) is 0 Å². The molecule has 0 fully saturated rings. The second kappa shape index (κ2) is 5.31. The molecule has 0 saturated heterocycles. The third kappa shape index (κ3) is 3.70. The maximum Gasteiger partial charge on any atom is 0.0931 e. The maximum atomic E-state index is 5.76. The Morgan fingerprint density at radius 3 is 2.82 bits per heavy atom. The number of alkyl halides is 1. The Hall–Kier alpha value is 0.630. The van der Waals surface area contributed by atoms with E-state index in [-0.39, 0.29) is 0 Å². The first-order valence-electron chi connectivity index (χ1n) is 3.21. The summed E-state index contributed by atoms with van der Waals surface area (Å²) >= 11 is 14.8. The summed E-state index contributed by atoms with van der Waals surface area (Å²) in [7, 11) is 0. The highest BCUT2D eigenvalue weighted by Gasteiger charge is 1.96. The summed E-state index contributed by atoms with van der Waals surface area (Å²) in [6.45, 7) is 0. The molecule has 0 aliphatic carbocycles. The van der Waals surface area contributed by atoms with Crippen molar-refractivity contribution in [3.8, 4) is 0 Å². The zero-order valence-corrected chi connectivity index (χ0v) is 8.99. The molecule has 0 amide bonds. The highest BCUT2D eigenvalue weighted by molar-refractivity contribution is 7.98. The fraction of sp³-hybridized carbons (Fsp3) is 0.429. The summed E-state index contributed by atoms with van der Waals surface area (Å²) in [6.07, 6.45) is 0. The Morgan fingerprint density at radius 1 is 1.45 bits per heavy atom. The number of thioether (sulfide) groups is 1. The van der Waals surface area contributed by atoms with Crippen LogP contribution in [0.2, 0.25) is 4.34 Å². The Bertz CT molecular complexity index is 210. The van der Waals surface area contributed by atoms with Gasteiger partial charge in [0.15, 0.2) is 0 Å². The molecule has 0 aliphatic heterocycles. The number of rotatable bonds is 4. The number of thiophene rings is 1. The minimum absolute atomic E-state index is 0.726. The van der Waals surface area contributed by atoms with E-state index in [4.69, 9.17) is 23.2 Å². The number of hydrogen-bond donors (Lipinski definition) is 0. The molecule has 0 spiro atoms. The molecule has 0 nitrogen and oxygen atoms in total. The second-order valence-electron chi connectivity index (χ2n) is 1.95. The first-order valence-corrected chi connectivity index (χ1v) is 6.09. The molecule has 4 heteroatoms. The van der Waals surface area contributed by atoms with E-state index >= 15 is 0 Å². The lowest BCUT2D eigenvalue weighted by Crippen LogP contribution is -1.79. The number of halogens is 2. The van der Waals surface area contributed by atoms with Crippen molar-refractivity contribution in [3.05, 3.63) is 21.3 Å². The van der Waals surface area contributed by atoms with Crippen LogP contribution in [0.1, 0.15) is 4.88 Å². The van der Waals surface area contributed by atoms with Crippen LogP contribution in [-0.4, -0.2) is 11.6 Å². The average Bonchev–Trinajstić information content (AvgIpc) is 2.37. The lowest BCUT2D eigenvalue weighted by molar-refractivity contribution is 1.48. The smallest absolute Gasteiger partial charge is 0.0931 e. The van der Waals surface area contributed by atoms with Gasteiger partial charge >= 0.3 is 0 Å². The molecule has 0 unspecified atom stereocenters. The van der Waals surface area contributed by atoms with E-state index in [0.29, 0.717) is 0 Å². The molecule has 1 heterocycles. The highest BCUT2D eigenvalue weighted by Crippen LogP contribution is 2.24. The van der Waals surface area contributed by atoms with Crippen LogP contribution in [0.4, 0.5) is 0 Å². The Balaban J connectivity index is 2.27. The largest absolute Gasteiger partial charge is 0.155 e. The van der Waals surface area contributed by atoms with Gasteiger partial charge in [0, 0.05) is 22.3 Å². The minimum Gasteiger partial charge on any atom is -0.155 e. The Labute approximate surface area is 84.9 Å². The van der Waals surface area contributed by atoms with Gasteiger partial charge in [-0.15, -0.1) is 22.9 Å². The molecule has 0 N–H and O–H groups in total. The van der Waals surface area contributed by atoms with Gasteiger partial charge in [-0.25, -0.2) is 0 Å². The first kappa shape index (κ1) is 9.72. The van der Waals surface area contributed by atoms with Crippen LogP contribution in [-0.2, 0) is 5.75 Å². The molecule has 0 atom stereocenters. The lowest BCUT2D eigenvalue weighted by atomic mass is 10.5. The van der Waals surface area contributed by atoms with Crippen molar-refractivity contribution in [3.63, 3.8) is 0 Å². The standard InChI is InChI=1S/C7H8Cl2S2/c8-3-4-10-5-6-1-2-7(9)11-6/h1-2H,3-5H2. The van der Waals surface area contributed by atoms with Gasteiger partial charge in [0.2, 0.25) is 0 Å². The van der Waals surface area contributed by atoms with Gasteiger partial charge in [-0.2, -0.15) is 11.8 Å². The fourth-order valence-corrected chi connectivity index (χ4v) is 2.90. The van der Waals surface area contributed by atoms with Crippen LogP contribution in [0.3, 0.4) is 0 Å². The van der Waals surface area contributed by atoms with Gasteiger partial charge in [-0.3, -0.25) is 0 Å². The summed E-state index contributed by atoms with van der Waals surface area (Å²) in [5, 5.41) is 0. The number of hydrogen-bond acceptors (Lipinski definition) is 2. The van der Waals surface area contributed by atoms with E-state index in [1.807, 2.05) is 17.8 Å². The van der Waals surface area contributed by atoms with Crippen molar-refractivity contribution < 1.29 is 0 Å². The summed E-state index contributed by atoms with van der Waals surface area (Å²) in [5.74, 6) is 2.77. The van der Waals surface area contributed by atoms with E-state index < -0.39 is 0 Å². The van der Waals surface area contributed by atoms with Crippen LogP contribution in [0.25, 0.3) is 0 Å². The quantitative estimate of drug-likeness (QED) is 0.555. The van der Waals surface area contributed by atoms with Gasteiger partial charge in [-0.1, -0.05) is 11.6 Å². The minimum atomic E-state index is 0.726. The predicted molar refractivity (Wildman–Crippen MR) is 56.2 cm³/mol. The molecule has 0 aliphatic rings. The maximum absolute atomic E-state index is 5.76. The van der Waals surface area contributed by atoms with Crippen LogP contribution >= 0.6 is 46.3 Å². The predicted octanol–water partition coefficient (Wildman–Crippen LogP) is 3.87. The van der Waals surface area contributed by atoms with Crippen molar-refractivity contribution in [2.75, 3.05) is 11.6 Å². The van der Waals surface area contributed by atoms with Crippen molar-refractivity contribution in [2.45, 2.75) is 5.75 Å². The van der Waals surface area contributed by atoms with Crippen molar-refractivity contribution >= 4 is 46.3 Å². The van der Waals surface area contributed by atoms with Crippen molar-refractivity contribution in [2.24, 2.45) is 0 Å². The van der Waals surface area contributed by atoms with Crippen molar-refractivity contribution in [1.29, 1.82) is 0 Å². The van der Waals surface area contributed by atoms with Gasteiger partial charge < -0.3 is 0 Å². The molecule has 0 aromatic carbocycles. The van der Waals surface area contributed by atoms with Gasteiger partial charge in [0.05, 0.1) is 4.34 Å². The van der Waals surface area contributed by atoms with E-state index in [2.05, 4.69) is 6.07 Å². The fourth-order valence-electron chi connectivity index (χ4n) is 0.657. The van der Waals surface area contributed by atoms with E-state index in [1.165, 1.54) is 4.88 Å². The molecule has 0 saturated carbocycles. The van der Waals surface area contributed by atoms with Crippen LogP contribution in [0, 0.1) is 0 Å². The Morgan fingerprint density at radius 2 is 2.27 bits per heavy atom. The summed E-state index contributed by atoms with van der Waals surface area (Å²) < 4.78 is 0.867. The van der Waals surface area contributed by atoms with E-state index in [1.54, 1.807) is 11.3 Å². The SMILES string of the molecule is ClCCSCc1ccc(Cl)s1. The molecular weight excluding hydrogens is 219 g/mol. The molecule has 0 radical (unpaired) electrons. The van der Waals surface area contributed by atoms with Gasteiger partial charge in [0.1, 0.15) is 0 Å². The lowest BCUT2D eigenvalue weighted by Gasteiger charge is -1.93. The molecule has 62 valence electrons. The van der Waals surface area contributed by atoms with Crippen LogP contribution in [0.5, 0.6) is 0 Å². The summed E-state index contributed by atoms with van der Waals surface area (Å²) in [5.41, 5.74) is 0. The van der Waals surface area contributed by atoms with E-state index in [0.717, 1.165) is 21.7 Å². The third-order valence-corrected chi connectivity index (χ3v) is 3.93. The zero-order chi connectivity index (χ0) is 8.10. The van der Waals surface area contributed by atoms with Gasteiger partial charge in [0.25, 0.3) is 0 Å². The van der Waals surface area contributed by atoms with Crippen LogP contribution in [0.15, 0.2) is 12.1 Å². The highest BCUT2D eigenvalue weighted by atomic mass is 35.5. The molecule has 1 aromatic heterocycles. The summed E-state index contributed by atoms with van der Waals surface area (Å²) in [6, 6.07) is 4.00. The normalized spacial score (nSPS) is 10.4. The zero-order valence-electron chi connectivity index (χ0n) is 5.85. The average molecular weight is 227 g/mol. The molecule has 1 rings (SSSR count). The first-order chi connectivity index (χ1) is 5.33. The Kier molecular flexibility index (Phi) is 4.69. The molecular formula is C7H8Cl2S2. The monoisotopic (exact) mass is 226 g/mol. The second-order valence-corrected chi connectivity index (χ2v) is 5.23.